The van der Waals surface area contributed by atoms with Crippen LogP contribution >= 0.6 is 0 Å². The number of benzene rings is 1. The highest BCUT2D eigenvalue weighted by molar-refractivity contribution is 5.99. The number of amides is 2. The number of piperidine rings is 1. The maximum atomic E-state index is 13.1. The van der Waals surface area contributed by atoms with Gasteiger partial charge in [0.2, 0.25) is 5.91 Å². The summed E-state index contributed by atoms with van der Waals surface area (Å²) in [5.74, 6) is 0.0196. The Labute approximate surface area is 171 Å². The Morgan fingerprint density at radius 1 is 1.14 bits per heavy atom. The smallest absolute Gasteiger partial charge is 0.328 e. The van der Waals surface area contributed by atoms with Crippen molar-refractivity contribution in [2.45, 2.75) is 50.6 Å². The van der Waals surface area contributed by atoms with Crippen molar-refractivity contribution >= 4 is 23.5 Å². The number of carbonyl (C=O) groups is 3. The molecule has 0 aromatic heterocycles. The molecule has 2 amide bonds. The number of fused-ring (bicyclic) bond motifs is 2. The Morgan fingerprint density at radius 2 is 1.93 bits per heavy atom. The van der Waals surface area contributed by atoms with E-state index >= 15 is 0 Å². The number of hydrogen-bond acceptors (Lipinski definition) is 5. The zero-order valence-corrected chi connectivity index (χ0v) is 16.8. The molecule has 0 radical (unpaired) electrons. The summed E-state index contributed by atoms with van der Waals surface area (Å²) in [6.07, 6.45) is 5.59. The van der Waals surface area contributed by atoms with Crippen LogP contribution in [0.5, 0.6) is 0 Å². The minimum atomic E-state index is -0.550. The van der Waals surface area contributed by atoms with Crippen LogP contribution in [0.15, 0.2) is 24.3 Å². The van der Waals surface area contributed by atoms with Crippen LogP contribution in [0.3, 0.4) is 0 Å². The van der Waals surface area contributed by atoms with Gasteiger partial charge in [-0.2, -0.15) is 0 Å². The highest BCUT2D eigenvalue weighted by Gasteiger charge is 2.49. The van der Waals surface area contributed by atoms with E-state index in [1.807, 2.05) is 0 Å². The first-order chi connectivity index (χ1) is 14.0. The number of esters is 1. The van der Waals surface area contributed by atoms with Gasteiger partial charge < -0.3 is 20.7 Å². The van der Waals surface area contributed by atoms with Gasteiger partial charge in [0.15, 0.2) is 0 Å². The molecule has 1 aromatic rings. The van der Waals surface area contributed by atoms with Gasteiger partial charge in [-0.1, -0.05) is 6.07 Å². The summed E-state index contributed by atoms with van der Waals surface area (Å²) in [4.78, 5) is 39.6. The predicted octanol–water partition coefficient (Wildman–Crippen LogP) is 2.17. The van der Waals surface area contributed by atoms with Crippen LogP contribution < -0.4 is 11.1 Å². The largest absolute Gasteiger partial charge is 0.467 e. The van der Waals surface area contributed by atoms with E-state index in [0.717, 1.165) is 32.1 Å². The van der Waals surface area contributed by atoms with Gasteiger partial charge in [-0.15, -0.1) is 0 Å². The number of nitrogens with zero attached hydrogens (tertiary/aromatic N) is 1. The normalized spacial score (nSPS) is 30.8. The lowest BCUT2D eigenvalue weighted by Crippen LogP contribution is -2.48. The molecule has 1 saturated heterocycles. The zero-order chi connectivity index (χ0) is 20.5. The van der Waals surface area contributed by atoms with Gasteiger partial charge in [-0.05, 0) is 68.6 Å². The molecule has 1 heterocycles. The molecule has 7 heteroatoms. The van der Waals surface area contributed by atoms with Crippen molar-refractivity contribution in [3.05, 3.63) is 29.8 Å². The summed E-state index contributed by atoms with van der Waals surface area (Å²) in [5, 5.41) is 2.96. The van der Waals surface area contributed by atoms with Gasteiger partial charge in [0, 0.05) is 23.8 Å². The molecule has 1 aromatic carbocycles. The average molecular weight is 399 g/mol. The van der Waals surface area contributed by atoms with E-state index in [2.05, 4.69) is 5.32 Å². The average Bonchev–Trinajstić information content (AvgIpc) is 3.34. The molecule has 3 fully saturated rings. The number of hydrogen-bond donors (Lipinski definition) is 2. The van der Waals surface area contributed by atoms with Crippen molar-refractivity contribution in [2.24, 2.45) is 23.5 Å². The lowest BCUT2D eigenvalue weighted by Gasteiger charge is -2.33. The number of anilines is 1. The Hall–Kier alpha value is -2.41. The van der Waals surface area contributed by atoms with Gasteiger partial charge in [0.05, 0.1) is 13.0 Å². The van der Waals surface area contributed by atoms with Crippen molar-refractivity contribution < 1.29 is 19.1 Å². The van der Waals surface area contributed by atoms with Crippen LogP contribution in [0.4, 0.5) is 5.69 Å². The Morgan fingerprint density at radius 3 is 2.66 bits per heavy atom. The molecule has 5 unspecified atom stereocenters. The number of nitrogens with one attached hydrogen (secondary N) is 1. The van der Waals surface area contributed by atoms with Crippen LogP contribution in [0.2, 0.25) is 0 Å². The quantitative estimate of drug-likeness (QED) is 0.756. The van der Waals surface area contributed by atoms with Gasteiger partial charge >= 0.3 is 5.97 Å². The molecule has 3 N–H and O–H groups in total. The van der Waals surface area contributed by atoms with Crippen molar-refractivity contribution in [1.29, 1.82) is 0 Å². The lowest BCUT2D eigenvalue weighted by molar-refractivity contribution is -0.147. The molecule has 4 rings (SSSR count). The van der Waals surface area contributed by atoms with E-state index in [9.17, 15) is 14.4 Å². The molecule has 7 nitrogen and oxygen atoms in total. The second kappa shape index (κ2) is 8.14. The van der Waals surface area contributed by atoms with E-state index in [4.69, 9.17) is 10.5 Å². The molecular weight excluding hydrogens is 370 g/mol. The van der Waals surface area contributed by atoms with E-state index < -0.39 is 6.04 Å². The maximum absolute atomic E-state index is 13.1. The molecule has 2 aliphatic carbocycles. The number of methoxy groups -OCH3 is 1. The van der Waals surface area contributed by atoms with Crippen molar-refractivity contribution in [3.8, 4) is 0 Å². The van der Waals surface area contributed by atoms with Crippen LogP contribution in [0.25, 0.3) is 0 Å². The third kappa shape index (κ3) is 3.75. The summed E-state index contributed by atoms with van der Waals surface area (Å²) in [6, 6.07) is 6.30. The van der Waals surface area contributed by atoms with Gasteiger partial charge in [-0.3, -0.25) is 9.59 Å². The monoisotopic (exact) mass is 399 g/mol. The first kappa shape index (κ1) is 19.9. The first-order valence-corrected chi connectivity index (χ1v) is 10.5. The molecular formula is C22H29N3O4. The molecule has 156 valence electrons. The predicted molar refractivity (Wildman–Crippen MR) is 108 cm³/mol. The third-order valence-corrected chi connectivity index (χ3v) is 6.90. The number of ether oxygens (including phenoxy) is 1. The molecule has 29 heavy (non-hydrogen) atoms. The fourth-order valence-corrected chi connectivity index (χ4v) is 5.40. The number of nitrogens with two attached hydrogens (primary N) is 1. The zero-order valence-electron chi connectivity index (χ0n) is 16.8. The Kier molecular flexibility index (Phi) is 5.58. The summed E-state index contributed by atoms with van der Waals surface area (Å²) < 4.78 is 4.87. The van der Waals surface area contributed by atoms with Crippen LogP contribution in [0.1, 0.15) is 48.9 Å². The summed E-state index contributed by atoms with van der Waals surface area (Å²) in [7, 11) is 1.34. The van der Waals surface area contributed by atoms with Crippen molar-refractivity contribution in [2.75, 3.05) is 19.0 Å². The minimum Gasteiger partial charge on any atom is -0.467 e. The summed E-state index contributed by atoms with van der Waals surface area (Å²) in [5.41, 5.74) is 7.33. The number of likely N-dealkylation sites (tertiary alicyclic amines) is 1. The van der Waals surface area contributed by atoms with Crippen molar-refractivity contribution in [3.63, 3.8) is 0 Å². The van der Waals surface area contributed by atoms with E-state index in [1.54, 1.807) is 29.2 Å². The van der Waals surface area contributed by atoms with E-state index in [1.165, 1.54) is 7.11 Å². The number of rotatable bonds is 4. The molecule has 1 aliphatic heterocycles. The first-order valence-electron chi connectivity index (χ1n) is 10.5. The summed E-state index contributed by atoms with van der Waals surface area (Å²) in [6.45, 7) is 0.523. The second-order valence-corrected chi connectivity index (χ2v) is 8.54. The summed E-state index contributed by atoms with van der Waals surface area (Å²) >= 11 is 0. The minimum absolute atomic E-state index is 0.0558. The van der Waals surface area contributed by atoms with Crippen LogP contribution in [0, 0.1) is 17.8 Å². The molecule has 3 aliphatic rings. The fourth-order valence-electron chi connectivity index (χ4n) is 5.40. The van der Waals surface area contributed by atoms with Gasteiger partial charge in [0.1, 0.15) is 6.04 Å². The van der Waals surface area contributed by atoms with Gasteiger partial charge in [0.25, 0.3) is 5.91 Å². The molecule has 0 spiro atoms. The topological polar surface area (TPSA) is 102 Å². The van der Waals surface area contributed by atoms with Crippen molar-refractivity contribution in [1.82, 2.24) is 4.90 Å². The highest BCUT2D eigenvalue weighted by Crippen LogP contribution is 2.47. The lowest BCUT2D eigenvalue weighted by atomic mass is 9.84. The van der Waals surface area contributed by atoms with Crippen LogP contribution in [-0.4, -0.2) is 48.4 Å². The fraction of sp³-hybridized carbons (Fsp3) is 0.591. The molecule has 5 atom stereocenters. The highest BCUT2D eigenvalue weighted by atomic mass is 16.5. The molecule has 2 saturated carbocycles. The third-order valence-electron chi connectivity index (χ3n) is 6.90. The number of carbonyl (C=O) groups excluding carboxylic acids is 3. The Balaban J connectivity index is 1.47. The molecule has 2 bridgehead atoms. The second-order valence-electron chi connectivity index (χ2n) is 8.54. The van der Waals surface area contributed by atoms with Crippen LogP contribution in [-0.2, 0) is 14.3 Å². The van der Waals surface area contributed by atoms with Gasteiger partial charge in [-0.25, -0.2) is 4.79 Å². The standard InChI is InChI=1S/C22H29N3O4/c1-29-22(28)17-7-2-3-10-25(17)21(27)15-5-4-6-16(12-15)24-20(26)18-13-8-9-14(11-13)19(18)23/h4-6,12-14,17-19H,2-3,7-11,23H2,1H3,(H,24,26). The Bertz CT molecular complexity index is 809. The van der Waals surface area contributed by atoms with E-state index in [0.29, 0.717) is 36.1 Å². The van der Waals surface area contributed by atoms with E-state index in [-0.39, 0.29) is 29.7 Å². The SMILES string of the molecule is COC(=O)C1CCCCN1C(=O)c1cccc(NC(=O)C2C3CCC(C3)C2N)c1. The maximum Gasteiger partial charge on any atom is 0.328 e.